The number of aliphatic hydroxyl groups is 2. The fourth-order valence-corrected chi connectivity index (χ4v) is 17.5. The minimum absolute atomic E-state index is 0. The maximum Gasteiger partial charge on any atom is 2.00 e. The van der Waals surface area contributed by atoms with Crippen molar-refractivity contribution in [1.29, 1.82) is 0 Å². The van der Waals surface area contributed by atoms with Gasteiger partial charge in [0, 0.05) is 11.9 Å². The smallest absolute Gasteiger partial charge is 0.550 e. The van der Waals surface area contributed by atoms with Crippen LogP contribution in [0.25, 0.3) is 0 Å². The third kappa shape index (κ3) is 8.17. The molecule has 0 heterocycles. The van der Waals surface area contributed by atoms with E-state index in [0.29, 0.717) is 45.3 Å². The fourth-order valence-electron chi connectivity index (χ4n) is 17.5. The molecule has 0 spiro atoms. The van der Waals surface area contributed by atoms with Gasteiger partial charge in [-0.15, -0.1) is 0 Å². The van der Waals surface area contributed by atoms with Crippen LogP contribution in [-0.4, -0.2) is 72.1 Å². The van der Waals surface area contributed by atoms with Gasteiger partial charge in [0.05, 0.1) is 12.2 Å². The van der Waals surface area contributed by atoms with E-state index < -0.39 is 11.9 Å². The number of aliphatic carboxylic acids is 2. The van der Waals surface area contributed by atoms with Gasteiger partial charge in [-0.05, 0) is 234 Å². The molecule has 0 bridgehead atoms. The zero-order chi connectivity index (χ0) is 38.8. The van der Waals surface area contributed by atoms with E-state index in [2.05, 4.69) is 41.5 Å². The zero-order valence-corrected chi connectivity index (χ0v) is 38.1. The molecule has 55 heavy (non-hydrogen) atoms. The van der Waals surface area contributed by atoms with Crippen LogP contribution in [0.3, 0.4) is 0 Å². The minimum atomic E-state index is -0.893. The summed E-state index contributed by atoms with van der Waals surface area (Å²) in [5, 5.41) is 42.2. The number of aliphatic hydroxyl groups excluding tert-OH is 2. The molecule has 8 rings (SSSR count). The van der Waals surface area contributed by atoms with Gasteiger partial charge in [-0.25, -0.2) is 0 Å². The summed E-state index contributed by atoms with van der Waals surface area (Å²) in [4.78, 5) is 21.9. The summed E-state index contributed by atoms with van der Waals surface area (Å²) >= 11 is 0. The predicted octanol–water partition coefficient (Wildman–Crippen LogP) is 7.96. The molecule has 8 aliphatic rings. The van der Waals surface area contributed by atoms with Gasteiger partial charge in [0.2, 0.25) is 0 Å². The molecule has 18 atom stereocenters. The molecule has 2 unspecified atom stereocenters. The molecule has 0 aliphatic heterocycles. The Kier molecular flexibility index (Phi) is 14.0. The third-order valence-corrected chi connectivity index (χ3v) is 20.4. The number of carbonyl (C=O) groups excluding carboxylic acids is 2. The molecule has 0 aromatic carbocycles. The topological polar surface area (TPSA) is 121 Å². The van der Waals surface area contributed by atoms with Gasteiger partial charge in [0.25, 0.3) is 0 Å². The predicted molar refractivity (Wildman–Crippen MR) is 215 cm³/mol. The van der Waals surface area contributed by atoms with E-state index in [4.69, 9.17) is 0 Å². The van der Waals surface area contributed by atoms with Crippen molar-refractivity contribution in [3.05, 3.63) is 0 Å². The number of rotatable bonds is 8. The van der Waals surface area contributed by atoms with E-state index in [1.807, 2.05) is 0 Å². The maximum absolute atomic E-state index is 10.9. The van der Waals surface area contributed by atoms with Crippen LogP contribution in [0.1, 0.15) is 183 Å². The monoisotopic (exact) mass is 791 g/mol. The number of fused-ring (bicyclic) bond motifs is 10. The second kappa shape index (κ2) is 17.2. The van der Waals surface area contributed by atoms with Crippen LogP contribution in [0.4, 0.5) is 0 Å². The van der Waals surface area contributed by atoms with E-state index in [-0.39, 0.29) is 62.8 Å². The molecule has 8 fully saturated rings. The normalized spacial score (nSPS) is 49.5. The molecule has 0 aromatic rings. The second-order valence-corrected chi connectivity index (χ2v) is 22.4. The third-order valence-electron chi connectivity index (χ3n) is 20.4. The Hall–Kier alpha value is 0.120. The van der Waals surface area contributed by atoms with E-state index in [9.17, 15) is 30.0 Å². The Morgan fingerprint density at radius 1 is 0.527 bits per heavy atom. The molecule has 0 amide bonds. The molecular formula is C48H78CaO6. The summed E-state index contributed by atoms with van der Waals surface area (Å²) in [6.45, 7) is 14.8. The Morgan fingerprint density at radius 2 is 0.873 bits per heavy atom. The first kappa shape index (κ1) is 44.7. The standard InChI is InChI=1S/2C24H40O3.Ca/c2*1-15(4-9-22(26)27)19-7-8-20-18-6-5-16-14-17(25)10-12-23(16,2)21(18)11-13-24(19,20)3;/h2*15-21,25H,4-14H2,1-3H3,(H,26,27);/q;;+2/p-2/t2*15-,16-,17-,18+,19-,20+,21?,23+,24-;/m11./s1. The summed E-state index contributed by atoms with van der Waals surface area (Å²) < 4.78 is 0. The largest absolute Gasteiger partial charge is 2.00 e. The Bertz CT molecular complexity index is 1260. The van der Waals surface area contributed by atoms with Crippen LogP contribution in [0.15, 0.2) is 0 Å². The average molecular weight is 791 g/mol. The summed E-state index contributed by atoms with van der Waals surface area (Å²) in [7, 11) is 0. The molecule has 308 valence electrons. The maximum atomic E-state index is 10.9. The molecule has 0 aromatic heterocycles. The molecule has 7 heteroatoms. The minimum Gasteiger partial charge on any atom is -0.550 e. The Balaban J connectivity index is 0.000000184. The second-order valence-electron chi connectivity index (χ2n) is 22.4. The first-order chi connectivity index (χ1) is 25.5. The quantitative estimate of drug-likeness (QED) is 0.241. The molecule has 8 aliphatic carbocycles. The van der Waals surface area contributed by atoms with Gasteiger partial charge < -0.3 is 30.0 Å². The van der Waals surface area contributed by atoms with E-state index >= 15 is 0 Å². The number of carbonyl (C=O) groups is 2. The van der Waals surface area contributed by atoms with Gasteiger partial charge in [-0.2, -0.15) is 0 Å². The molecule has 2 N–H and O–H groups in total. The molecule has 0 radical (unpaired) electrons. The first-order valence-electron chi connectivity index (χ1n) is 23.3. The average Bonchev–Trinajstić information content (AvgIpc) is 3.67. The van der Waals surface area contributed by atoms with Crippen molar-refractivity contribution in [2.45, 2.75) is 195 Å². The molecule has 8 saturated carbocycles. The van der Waals surface area contributed by atoms with Crippen molar-refractivity contribution in [1.82, 2.24) is 0 Å². The number of hydrogen-bond acceptors (Lipinski definition) is 6. The summed E-state index contributed by atoms with van der Waals surface area (Å²) in [6.07, 6.45) is 24.3. The number of hydrogen-bond donors (Lipinski definition) is 2. The zero-order valence-electron chi connectivity index (χ0n) is 35.9. The summed E-state index contributed by atoms with van der Waals surface area (Å²) in [5.74, 6) is 7.09. The number of carboxylic acids is 2. The van der Waals surface area contributed by atoms with Crippen LogP contribution in [0.5, 0.6) is 0 Å². The van der Waals surface area contributed by atoms with E-state index in [1.54, 1.807) is 0 Å². The molecule has 6 nitrogen and oxygen atoms in total. The first-order valence-corrected chi connectivity index (χ1v) is 23.3. The molecular weight excluding hydrogens is 713 g/mol. The summed E-state index contributed by atoms with van der Waals surface area (Å²) in [5.41, 5.74) is 1.71. The van der Waals surface area contributed by atoms with Crippen molar-refractivity contribution >= 4 is 49.7 Å². The van der Waals surface area contributed by atoms with Gasteiger partial charge in [-0.3, -0.25) is 0 Å². The molecule has 0 saturated heterocycles. The van der Waals surface area contributed by atoms with Crippen LogP contribution in [0, 0.1) is 92.7 Å². The van der Waals surface area contributed by atoms with Crippen molar-refractivity contribution < 1.29 is 30.0 Å². The van der Waals surface area contributed by atoms with Crippen molar-refractivity contribution in [2.24, 2.45) is 92.7 Å². The van der Waals surface area contributed by atoms with Crippen molar-refractivity contribution in [3.63, 3.8) is 0 Å². The van der Waals surface area contributed by atoms with Crippen LogP contribution >= 0.6 is 0 Å². The Labute approximate surface area is 364 Å². The van der Waals surface area contributed by atoms with Crippen molar-refractivity contribution in [2.75, 3.05) is 0 Å². The Morgan fingerprint density at radius 3 is 1.24 bits per heavy atom. The van der Waals surface area contributed by atoms with Gasteiger partial charge in [-0.1, -0.05) is 41.5 Å². The summed E-state index contributed by atoms with van der Waals surface area (Å²) in [6, 6.07) is 0. The van der Waals surface area contributed by atoms with E-state index in [1.165, 1.54) is 89.9 Å². The fraction of sp³-hybridized carbons (Fsp3) is 0.958. The van der Waals surface area contributed by atoms with Crippen LogP contribution in [-0.2, 0) is 9.59 Å². The van der Waals surface area contributed by atoms with Gasteiger partial charge >= 0.3 is 37.7 Å². The number of carboxylic acid groups (broad SMARTS) is 2. The van der Waals surface area contributed by atoms with Gasteiger partial charge in [0.15, 0.2) is 0 Å². The van der Waals surface area contributed by atoms with E-state index in [0.717, 1.165) is 85.9 Å². The van der Waals surface area contributed by atoms with Crippen LogP contribution < -0.4 is 10.2 Å². The van der Waals surface area contributed by atoms with Gasteiger partial charge in [0.1, 0.15) is 0 Å². The SMILES string of the molecule is C[C@H](CCC(=O)[O-])[C@H]1CC[C@H]2[C@@H]3CC[C@@H]4C[C@H](O)CC[C@]4(C)C3CC[C@]12C.C[C@H](CCC(=O)[O-])[C@H]1CC[C@H]2[C@@H]3CC[C@@H]4C[C@H](O)CC[C@]4(C)C3CC[C@]12C.[Ca+2]. The van der Waals surface area contributed by atoms with Crippen molar-refractivity contribution in [3.8, 4) is 0 Å². The van der Waals surface area contributed by atoms with Crippen LogP contribution in [0.2, 0.25) is 0 Å².